The van der Waals surface area contributed by atoms with E-state index in [1.807, 2.05) is 13.8 Å². The molecule has 0 aromatic heterocycles. The van der Waals surface area contributed by atoms with E-state index in [1.54, 1.807) is 0 Å². The molecule has 2 unspecified atom stereocenters. The summed E-state index contributed by atoms with van der Waals surface area (Å²) in [5, 5.41) is 0. The van der Waals surface area contributed by atoms with Gasteiger partial charge in [0.25, 0.3) is 0 Å². The SMILES string of the molecule is CC1(C)C2CCC1(CS(=O)(=O)[O-])C(=O)C2.[IH2+]. The fraction of sp³-hybridized carbons (Fsp3) is 0.900. The molecule has 2 atom stereocenters. The van der Waals surface area contributed by atoms with E-state index in [-0.39, 0.29) is 41.1 Å². The third-order valence-corrected chi connectivity index (χ3v) is 5.41. The molecule has 94 valence electrons. The molecule has 0 amide bonds. The van der Waals surface area contributed by atoms with Crippen molar-refractivity contribution in [3.8, 4) is 0 Å². The standard InChI is InChI=1S/C10H16O4S.H2I/c1-9(2)7-3-4-10(9,8(11)5-7)6-15(12,13)14;/h7H,3-6H2,1-2H3,(H,12,13,14);1H2/q;+1/p-1. The van der Waals surface area contributed by atoms with E-state index in [2.05, 4.69) is 0 Å². The zero-order valence-corrected chi connectivity index (χ0v) is 12.8. The number of Topliss-reactive ketones (excluding diaryl/α,β-unsaturated/α-hetero) is 1. The van der Waals surface area contributed by atoms with Crippen LogP contribution in [0.5, 0.6) is 0 Å². The van der Waals surface area contributed by atoms with Crippen molar-refractivity contribution in [1.82, 2.24) is 0 Å². The number of hydrogen-bond acceptors (Lipinski definition) is 4. The van der Waals surface area contributed by atoms with Gasteiger partial charge in [-0.05, 0) is 24.2 Å². The molecule has 0 aromatic carbocycles. The number of hydrogen-bond donors (Lipinski definition) is 0. The maximum absolute atomic E-state index is 11.8. The van der Waals surface area contributed by atoms with Crippen molar-refractivity contribution in [2.24, 2.45) is 16.7 Å². The first-order valence-electron chi connectivity index (χ1n) is 5.16. The van der Waals surface area contributed by atoms with Gasteiger partial charge < -0.3 is 4.55 Å². The number of carbonyl (C=O) groups excluding carboxylic acids is 1. The van der Waals surface area contributed by atoms with E-state index in [0.29, 0.717) is 12.8 Å². The summed E-state index contributed by atoms with van der Waals surface area (Å²) >= 11 is 0. The Balaban J connectivity index is 0.00000128. The molecular weight excluding hydrogens is 343 g/mol. The second-order valence-electron chi connectivity index (χ2n) is 5.37. The van der Waals surface area contributed by atoms with Crippen molar-refractivity contribution in [2.45, 2.75) is 33.1 Å². The molecule has 4 nitrogen and oxygen atoms in total. The minimum absolute atomic E-state index is 0. The Morgan fingerprint density at radius 1 is 1.44 bits per heavy atom. The molecule has 16 heavy (non-hydrogen) atoms. The minimum atomic E-state index is -4.33. The molecule has 0 radical (unpaired) electrons. The molecule has 0 aromatic rings. The molecule has 2 fully saturated rings. The van der Waals surface area contributed by atoms with E-state index >= 15 is 0 Å². The summed E-state index contributed by atoms with van der Waals surface area (Å²) in [6.07, 6.45) is 1.88. The Hall–Kier alpha value is 0.310. The van der Waals surface area contributed by atoms with Gasteiger partial charge in [0.05, 0.1) is 15.9 Å². The Labute approximate surface area is 113 Å². The maximum Gasteiger partial charge on any atom is 0.235 e. The quantitative estimate of drug-likeness (QED) is 0.400. The van der Waals surface area contributed by atoms with Crippen molar-refractivity contribution < 1.29 is 41.7 Å². The number of rotatable bonds is 2. The van der Waals surface area contributed by atoms with Crippen molar-refractivity contribution in [3.05, 3.63) is 0 Å². The monoisotopic (exact) mass is 360 g/mol. The first-order chi connectivity index (χ1) is 6.69. The summed E-state index contributed by atoms with van der Waals surface area (Å²) in [5.74, 6) is -0.280. The Kier molecular flexibility index (Phi) is 3.51. The van der Waals surface area contributed by atoms with Crippen LogP contribution < -0.4 is 24.0 Å². The van der Waals surface area contributed by atoms with E-state index in [4.69, 9.17) is 0 Å². The van der Waals surface area contributed by atoms with Crippen LogP contribution in [0.4, 0.5) is 0 Å². The van der Waals surface area contributed by atoms with E-state index < -0.39 is 21.3 Å². The van der Waals surface area contributed by atoms with Crippen LogP contribution >= 0.6 is 0 Å². The van der Waals surface area contributed by atoms with Crippen LogP contribution in [0.2, 0.25) is 0 Å². The first kappa shape index (κ1) is 14.4. The summed E-state index contributed by atoms with van der Waals surface area (Å²) in [4.78, 5) is 11.8. The summed E-state index contributed by atoms with van der Waals surface area (Å²) < 4.78 is 32.7. The van der Waals surface area contributed by atoms with Gasteiger partial charge >= 0.3 is 0 Å². The fourth-order valence-corrected chi connectivity index (χ4v) is 4.69. The fourth-order valence-electron chi connectivity index (χ4n) is 3.41. The lowest BCUT2D eigenvalue weighted by molar-refractivity contribution is -0.128. The maximum atomic E-state index is 11.8. The topological polar surface area (TPSA) is 74.3 Å². The van der Waals surface area contributed by atoms with Crippen molar-refractivity contribution in [2.75, 3.05) is 5.75 Å². The zero-order chi connectivity index (χ0) is 11.5. The molecule has 0 saturated heterocycles. The molecule has 2 saturated carbocycles. The summed E-state index contributed by atoms with van der Waals surface area (Å²) in [6.45, 7) is 3.83. The predicted octanol–water partition coefficient (Wildman–Crippen LogP) is -2.60. The van der Waals surface area contributed by atoms with Gasteiger partial charge in [0.1, 0.15) is 5.78 Å². The van der Waals surface area contributed by atoms with Gasteiger partial charge in [-0.3, -0.25) is 4.79 Å². The van der Waals surface area contributed by atoms with Crippen LogP contribution in [0.1, 0.15) is 33.1 Å². The van der Waals surface area contributed by atoms with Crippen molar-refractivity contribution in [3.63, 3.8) is 0 Å². The molecule has 2 bridgehead atoms. The molecule has 2 aliphatic carbocycles. The Bertz CT molecular complexity index is 415. The summed E-state index contributed by atoms with van der Waals surface area (Å²) in [6, 6.07) is 0. The second-order valence-corrected chi connectivity index (χ2v) is 6.77. The molecule has 2 aliphatic rings. The van der Waals surface area contributed by atoms with E-state index in [1.165, 1.54) is 0 Å². The van der Waals surface area contributed by atoms with Crippen LogP contribution in [0.25, 0.3) is 0 Å². The lowest BCUT2D eigenvalue weighted by atomic mass is 9.70. The number of carbonyl (C=O) groups is 1. The largest absolute Gasteiger partial charge is 0.748 e. The van der Waals surface area contributed by atoms with Crippen LogP contribution in [-0.4, -0.2) is 24.5 Å². The number of ketones is 1. The van der Waals surface area contributed by atoms with E-state index in [0.717, 1.165) is 6.42 Å². The third kappa shape index (κ3) is 1.82. The van der Waals surface area contributed by atoms with E-state index in [9.17, 15) is 17.8 Å². The second kappa shape index (κ2) is 3.91. The highest BCUT2D eigenvalue weighted by Gasteiger charge is 2.64. The highest BCUT2D eigenvalue weighted by molar-refractivity contribution is 7.85. The summed E-state index contributed by atoms with van der Waals surface area (Å²) in [5.41, 5.74) is -1.22. The van der Waals surface area contributed by atoms with Gasteiger partial charge in [-0.25, -0.2) is 8.42 Å². The minimum Gasteiger partial charge on any atom is -0.748 e. The van der Waals surface area contributed by atoms with Gasteiger partial charge in [-0.1, -0.05) is 13.8 Å². The normalized spacial score (nSPS) is 36.2. The first-order valence-corrected chi connectivity index (χ1v) is 6.74. The zero-order valence-electron chi connectivity index (χ0n) is 9.39. The number of halogens is 1. The summed E-state index contributed by atoms with van der Waals surface area (Å²) in [7, 11) is -4.33. The highest BCUT2D eigenvalue weighted by Crippen LogP contribution is 2.64. The van der Waals surface area contributed by atoms with Crippen LogP contribution in [0.15, 0.2) is 0 Å². The molecule has 0 spiro atoms. The van der Waals surface area contributed by atoms with Gasteiger partial charge in [0, 0.05) is 11.8 Å². The Morgan fingerprint density at radius 2 is 2.00 bits per heavy atom. The number of fused-ring (bicyclic) bond motifs is 2. The Morgan fingerprint density at radius 3 is 2.31 bits per heavy atom. The highest BCUT2D eigenvalue weighted by atomic mass is 127. The van der Waals surface area contributed by atoms with Gasteiger partial charge in [0.2, 0.25) is 24.0 Å². The average Bonchev–Trinajstić information content (AvgIpc) is 2.34. The lowest BCUT2D eigenvalue weighted by Gasteiger charge is -2.37. The smallest absolute Gasteiger partial charge is 0.235 e. The van der Waals surface area contributed by atoms with Gasteiger partial charge in [0.15, 0.2) is 0 Å². The molecule has 6 heteroatoms. The van der Waals surface area contributed by atoms with Crippen LogP contribution in [0.3, 0.4) is 0 Å². The lowest BCUT2D eigenvalue weighted by Crippen LogP contribution is -3.00. The van der Waals surface area contributed by atoms with Crippen LogP contribution in [-0.2, 0) is 14.9 Å². The molecule has 2 rings (SSSR count). The van der Waals surface area contributed by atoms with Crippen molar-refractivity contribution in [1.29, 1.82) is 0 Å². The van der Waals surface area contributed by atoms with Gasteiger partial charge in [-0.15, -0.1) is 0 Å². The van der Waals surface area contributed by atoms with Crippen LogP contribution in [0, 0.1) is 16.7 Å². The molecule has 0 heterocycles. The average molecular weight is 360 g/mol. The third-order valence-electron chi connectivity index (χ3n) is 4.56. The van der Waals surface area contributed by atoms with Gasteiger partial charge in [-0.2, -0.15) is 0 Å². The molecular formula is C10H17IO4S. The molecule has 0 aliphatic heterocycles. The predicted molar refractivity (Wildman–Crippen MR) is 55.9 cm³/mol. The molecule has 0 N–H and O–H groups in total. The van der Waals surface area contributed by atoms with Crippen molar-refractivity contribution >= 4 is 15.9 Å².